The van der Waals surface area contributed by atoms with Gasteiger partial charge < -0.3 is 14.9 Å². The molecule has 0 atom stereocenters. The van der Waals surface area contributed by atoms with Crippen LogP contribution in [0.1, 0.15) is 18.2 Å². The maximum Gasteiger partial charge on any atom is 0.185 e. The average molecular weight is 243 g/mol. The number of nitrogens with zero attached hydrogens (tertiary/aromatic N) is 3. The summed E-state index contributed by atoms with van der Waals surface area (Å²) in [6.45, 7) is 5.29. The molecule has 0 spiro atoms. The number of aromatic nitrogens is 1. The van der Waals surface area contributed by atoms with Crippen molar-refractivity contribution < 1.29 is 5.11 Å². The molecular formula is C11H21N3OS. The first-order chi connectivity index (χ1) is 7.67. The summed E-state index contributed by atoms with van der Waals surface area (Å²) in [6.07, 6.45) is 2.87. The fourth-order valence-corrected chi connectivity index (χ4v) is 2.23. The Labute approximate surface area is 102 Å². The van der Waals surface area contributed by atoms with E-state index in [-0.39, 0.29) is 6.61 Å². The van der Waals surface area contributed by atoms with Crippen LogP contribution in [0.3, 0.4) is 0 Å². The van der Waals surface area contributed by atoms with Crippen molar-refractivity contribution in [3.8, 4) is 0 Å². The molecule has 1 N–H and O–H groups in total. The number of aliphatic hydroxyl groups is 1. The van der Waals surface area contributed by atoms with Crippen LogP contribution in [-0.4, -0.2) is 48.7 Å². The number of aliphatic hydroxyl groups excluding tert-OH is 1. The number of rotatable bonds is 7. The molecule has 0 aliphatic carbocycles. The predicted molar refractivity (Wildman–Crippen MR) is 69.1 cm³/mol. The minimum Gasteiger partial charge on any atom is -0.391 e. The smallest absolute Gasteiger partial charge is 0.185 e. The molecule has 4 nitrogen and oxygen atoms in total. The van der Waals surface area contributed by atoms with Gasteiger partial charge in [-0.2, -0.15) is 0 Å². The second-order valence-electron chi connectivity index (χ2n) is 4.06. The van der Waals surface area contributed by atoms with Crippen LogP contribution in [0.4, 0.5) is 5.13 Å². The van der Waals surface area contributed by atoms with E-state index in [1.165, 1.54) is 0 Å². The summed E-state index contributed by atoms with van der Waals surface area (Å²) in [5.74, 6) is 0. The highest BCUT2D eigenvalue weighted by Crippen LogP contribution is 2.22. The van der Waals surface area contributed by atoms with Crippen LogP contribution in [-0.2, 0) is 6.61 Å². The van der Waals surface area contributed by atoms with Crippen molar-refractivity contribution in [3.05, 3.63) is 11.1 Å². The average Bonchev–Trinajstić information content (AvgIpc) is 2.72. The largest absolute Gasteiger partial charge is 0.391 e. The van der Waals surface area contributed by atoms with Crippen molar-refractivity contribution in [2.75, 3.05) is 38.6 Å². The van der Waals surface area contributed by atoms with E-state index in [1.54, 1.807) is 17.5 Å². The van der Waals surface area contributed by atoms with Gasteiger partial charge in [0.25, 0.3) is 0 Å². The molecule has 0 saturated heterocycles. The van der Waals surface area contributed by atoms with Crippen LogP contribution >= 0.6 is 11.3 Å². The molecule has 0 aliphatic heterocycles. The van der Waals surface area contributed by atoms with E-state index >= 15 is 0 Å². The van der Waals surface area contributed by atoms with E-state index in [0.29, 0.717) is 0 Å². The third-order valence-corrected chi connectivity index (χ3v) is 3.32. The lowest BCUT2D eigenvalue weighted by atomic mass is 10.4. The zero-order valence-corrected chi connectivity index (χ0v) is 11.1. The highest BCUT2D eigenvalue weighted by molar-refractivity contribution is 7.15. The summed E-state index contributed by atoms with van der Waals surface area (Å²) in [6, 6.07) is 0. The summed E-state index contributed by atoms with van der Waals surface area (Å²) >= 11 is 1.58. The predicted octanol–water partition coefficient (Wildman–Crippen LogP) is 1.41. The molecule has 0 fully saturated rings. The lowest BCUT2D eigenvalue weighted by Crippen LogP contribution is -2.32. The second-order valence-corrected chi connectivity index (χ2v) is 5.15. The van der Waals surface area contributed by atoms with E-state index in [0.717, 1.165) is 36.1 Å². The minimum absolute atomic E-state index is 0.0886. The topological polar surface area (TPSA) is 39.6 Å². The minimum atomic E-state index is 0.0886. The number of likely N-dealkylation sites (N-methyl/N-ethyl adjacent to an activating group) is 1. The summed E-state index contributed by atoms with van der Waals surface area (Å²) in [4.78, 5) is 9.73. The summed E-state index contributed by atoms with van der Waals surface area (Å²) < 4.78 is 0. The molecule has 0 saturated carbocycles. The normalized spacial score (nSPS) is 11.1. The summed E-state index contributed by atoms with van der Waals surface area (Å²) in [5, 5.41) is 10.0. The van der Waals surface area contributed by atoms with Crippen LogP contribution in [0.2, 0.25) is 0 Å². The molecule has 0 amide bonds. The van der Waals surface area contributed by atoms with Gasteiger partial charge in [0.2, 0.25) is 0 Å². The molecule has 16 heavy (non-hydrogen) atoms. The van der Waals surface area contributed by atoms with Crippen molar-refractivity contribution in [1.29, 1.82) is 0 Å². The lowest BCUT2D eigenvalue weighted by Gasteiger charge is -2.23. The quantitative estimate of drug-likeness (QED) is 0.786. The van der Waals surface area contributed by atoms with Gasteiger partial charge >= 0.3 is 0 Å². The Kier molecular flexibility index (Phi) is 5.73. The van der Waals surface area contributed by atoms with E-state index in [2.05, 4.69) is 35.8 Å². The number of hydrogen-bond donors (Lipinski definition) is 1. The SMILES string of the molecule is CCCN(CCN(C)C)c1ncc(CO)s1. The Bertz CT molecular complexity index is 301. The van der Waals surface area contributed by atoms with Crippen molar-refractivity contribution in [1.82, 2.24) is 9.88 Å². The Hall–Kier alpha value is -0.650. The fourth-order valence-electron chi connectivity index (χ4n) is 1.41. The molecule has 5 heteroatoms. The van der Waals surface area contributed by atoms with Gasteiger partial charge in [0, 0.05) is 25.8 Å². The summed E-state index contributed by atoms with van der Waals surface area (Å²) in [7, 11) is 4.15. The molecule has 1 heterocycles. The van der Waals surface area contributed by atoms with Gasteiger partial charge in [0.15, 0.2) is 5.13 Å². The van der Waals surface area contributed by atoms with Gasteiger partial charge in [-0.25, -0.2) is 4.98 Å². The Morgan fingerprint density at radius 3 is 2.56 bits per heavy atom. The molecule has 0 bridgehead atoms. The van der Waals surface area contributed by atoms with Crippen molar-refractivity contribution in [2.24, 2.45) is 0 Å². The Balaban J connectivity index is 2.60. The maximum absolute atomic E-state index is 9.02. The fraction of sp³-hybridized carbons (Fsp3) is 0.727. The molecule has 1 aromatic rings. The molecule has 1 rings (SSSR count). The third-order valence-electron chi connectivity index (χ3n) is 2.28. The molecule has 0 unspecified atom stereocenters. The second kappa shape index (κ2) is 6.83. The van der Waals surface area contributed by atoms with Crippen molar-refractivity contribution in [2.45, 2.75) is 20.0 Å². The van der Waals surface area contributed by atoms with E-state index < -0.39 is 0 Å². The molecule has 0 aliphatic rings. The van der Waals surface area contributed by atoms with Crippen LogP contribution in [0.25, 0.3) is 0 Å². The lowest BCUT2D eigenvalue weighted by molar-refractivity contribution is 0.285. The van der Waals surface area contributed by atoms with Crippen LogP contribution in [0, 0.1) is 0 Å². The van der Waals surface area contributed by atoms with Gasteiger partial charge in [-0.05, 0) is 20.5 Å². The zero-order chi connectivity index (χ0) is 12.0. The molecule has 0 radical (unpaired) electrons. The van der Waals surface area contributed by atoms with Gasteiger partial charge in [-0.1, -0.05) is 18.3 Å². The van der Waals surface area contributed by atoms with Crippen LogP contribution in [0.5, 0.6) is 0 Å². The number of anilines is 1. The van der Waals surface area contributed by atoms with Crippen molar-refractivity contribution >= 4 is 16.5 Å². The number of thiazole rings is 1. The first kappa shape index (κ1) is 13.4. The third kappa shape index (κ3) is 4.08. The van der Waals surface area contributed by atoms with E-state index in [4.69, 9.17) is 5.11 Å². The molecule has 1 aromatic heterocycles. The Morgan fingerprint density at radius 2 is 2.06 bits per heavy atom. The summed E-state index contributed by atoms with van der Waals surface area (Å²) in [5.41, 5.74) is 0. The first-order valence-corrected chi connectivity index (χ1v) is 6.44. The van der Waals surface area contributed by atoms with E-state index in [1.807, 2.05) is 0 Å². The first-order valence-electron chi connectivity index (χ1n) is 5.62. The standard InChI is InChI=1S/C11H21N3OS/c1-4-5-14(7-6-13(2)3)11-12-8-10(9-15)16-11/h8,15H,4-7,9H2,1-3H3. The Morgan fingerprint density at radius 1 is 1.31 bits per heavy atom. The van der Waals surface area contributed by atoms with Gasteiger partial charge in [0.1, 0.15) is 0 Å². The molecular weight excluding hydrogens is 222 g/mol. The zero-order valence-electron chi connectivity index (χ0n) is 10.3. The highest BCUT2D eigenvalue weighted by Gasteiger charge is 2.10. The highest BCUT2D eigenvalue weighted by atomic mass is 32.1. The number of hydrogen-bond acceptors (Lipinski definition) is 5. The van der Waals surface area contributed by atoms with Crippen molar-refractivity contribution in [3.63, 3.8) is 0 Å². The van der Waals surface area contributed by atoms with E-state index in [9.17, 15) is 0 Å². The monoisotopic (exact) mass is 243 g/mol. The van der Waals surface area contributed by atoms with Gasteiger partial charge in [-0.3, -0.25) is 0 Å². The van der Waals surface area contributed by atoms with Crippen LogP contribution < -0.4 is 4.90 Å². The molecule has 92 valence electrons. The maximum atomic E-state index is 9.02. The van der Waals surface area contributed by atoms with Gasteiger partial charge in [-0.15, -0.1) is 0 Å². The van der Waals surface area contributed by atoms with Gasteiger partial charge in [0.05, 0.1) is 11.5 Å². The van der Waals surface area contributed by atoms with Crippen LogP contribution in [0.15, 0.2) is 6.20 Å². The molecule has 0 aromatic carbocycles.